The van der Waals surface area contributed by atoms with Crippen LogP contribution in [0.3, 0.4) is 0 Å². The third kappa shape index (κ3) is 4.01. The van der Waals surface area contributed by atoms with Gasteiger partial charge in [0.2, 0.25) is 0 Å². The minimum Gasteiger partial charge on any atom is -0.371 e. The van der Waals surface area contributed by atoms with Crippen LogP contribution in [0.5, 0.6) is 0 Å². The van der Waals surface area contributed by atoms with Crippen molar-refractivity contribution < 1.29 is 22.4 Å². The van der Waals surface area contributed by atoms with E-state index in [4.69, 9.17) is 0 Å². The van der Waals surface area contributed by atoms with Crippen molar-refractivity contribution in [1.82, 2.24) is 4.98 Å². The first-order valence-electron chi connectivity index (χ1n) is 10.6. The molecule has 3 aromatic rings. The maximum absolute atomic E-state index is 13.2. The first-order chi connectivity index (χ1) is 15.8. The maximum atomic E-state index is 13.2. The van der Waals surface area contributed by atoms with Gasteiger partial charge >= 0.3 is 6.18 Å². The van der Waals surface area contributed by atoms with Crippen LogP contribution in [0, 0.1) is 11.7 Å². The topological polar surface area (TPSA) is 45.6 Å². The molecule has 168 valence electrons. The van der Waals surface area contributed by atoms with E-state index in [1.165, 1.54) is 30.5 Å². The molecule has 0 amide bonds. The summed E-state index contributed by atoms with van der Waals surface area (Å²) in [5, 5.41) is 0.757. The van der Waals surface area contributed by atoms with Gasteiger partial charge in [-0.05, 0) is 60.9 Å². The van der Waals surface area contributed by atoms with E-state index in [2.05, 4.69) is 14.9 Å². The van der Waals surface area contributed by atoms with Crippen LogP contribution in [0.2, 0.25) is 0 Å². The van der Waals surface area contributed by atoms with E-state index in [1.54, 1.807) is 24.4 Å². The molecular formula is C25H19F4N3O. The number of piperidine rings is 1. The SMILES string of the molecule is O=C(c1ccc(F)cc1)C1CCN(c2ccnc3ccc(C4=CN=C4C(F)(F)F)cc23)CC1. The third-order valence-corrected chi connectivity index (χ3v) is 6.21. The number of allylic oxidation sites excluding steroid dienone is 1. The zero-order valence-electron chi connectivity index (χ0n) is 17.4. The lowest BCUT2D eigenvalue weighted by molar-refractivity contribution is -0.0576. The van der Waals surface area contributed by atoms with Crippen molar-refractivity contribution in [2.24, 2.45) is 10.9 Å². The Balaban J connectivity index is 1.36. The maximum Gasteiger partial charge on any atom is 0.434 e. The average molecular weight is 453 g/mol. The summed E-state index contributed by atoms with van der Waals surface area (Å²) in [6, 6.07) is 12.5. The number of aliphatic imine (C=N–C) groups is 1. The number of anilines is 1. The molecule has 4 nitrogen and oxygen atoms in total. The van der Waals surface area contributed by atoms with Crippen LogP contribution in [-0.2, 0) is 0 Å². The van der Waals surface area contributed by atoms with Crippen LogP contribution in [0.25, 0.3) is 16.5 Å². The molecule has 0 bridgehead atoms. The fourth-order valence-corrected chi connectivity index (χ4v) is 4.44. The summed E-state index contributed by atoms with van der Waals surface area (Å²) < 4.78 is 52.5. The van der Waals surface area contributed by atoms with Crippen LogP contribution in [-0.4, -0.2) is 35.7 Å². The van der Waals surface area contributed by atoms with Gasteiger partial charge in [0.15, 0.2) is 11.5 Å². The van der Waals surface area contributed by atoms with Crippen molar-refractivity contribution >= 4 is 33.7 Å². The first-order valence-corrected chi connectivity index (χ1v) is 10.6. The number of pyridine rings is 1. The summed E-state index contributed by atoms with van der Waals surface area (Å²) >= 11 is 0. The van der Waals surface area contributed by atoms with Crippen molar-refractivity contribution in [1.29, 1.82) is 0 Å². The van der Waals surface area contributed by atoms with Crippen molar-refractivity contribution in [2.45, 2.75) is 19.0 Å². The molecule has 33 heavy (non-hydrogen) atoms. The van der Waals surface area contributed by atoms with Crippen LogP contribution in [0.4, 0.5) is 23.2 Å². The molecule has 0 atom stereocenters. The Morgan fingerprint density at radius 3 is 2.36 bits per heavy atom. The summed E-state index contributed by atoms with van der Waals surface area (Å²) in [7, 11) is 0. The molecule has 0 unspecified atom stereocenters. The number of hydrogen-bond acceptors (Lipinski definition) is 4. The Kier molecular flexibility index (Phi) is 5.23. The Hall–Kier alpha value is -3.55. The molecule has 0 N–H and O–H groups in total. The molecule has 1 aromatic heterocycles. The monoisotopic (exact) mass is 453 g/mol. The number of Topliss-reactive ketones (excluding diaryl/α,β-unsaturated/α-hetero) is 1. The van der Waals surface area contributed by atoms with E-state index >= 15 is 0 Å². The summed E-state index contributed by atoms with van der Waals surface area (Å²) in [5.74, 6) is -0.523. The van der Waals surface area contributed by atoms with Gasteiger partial charge in [-0.1, -0.05) is 6.07 Å². The van der Waals surface area contributed by atoms with Crippen LogP contribution in [0.1, 0.15) is 28.8 Å². The largest absolute Gasteiger partial charge is 0.434 e. The zero-order chi connectivity index (χ0) is 23.2. The van der Waals surface area contributed by atoms with E-state index in [0.717, 1.165) is 11.1 Å². The Morgan fingerprint density at radius 2 is 1.73 bits per heavy atom. The van der Waals surface area contributed by atoms with E-state index < -0.39 is 11.9 Å². The second kappa shape index (κ2) is 8.10. The molecule has 1 saturated heterocycles. The minimum absolute atomic E-state index is 0.00686. The second-order valence-electron chi connectivity index (χ2n) is 8.21. The standard InChI is InChI=1S/C25H19F4N3O/c26-18-4-1-15(2-5-18)23(33)16-8-11-32(12-9-16)22-7-10-30-21-6-3-17(13-19(21)22)20-14-31-24(20)25(27,28)29/h1-7,10,13-14,16H,8-9,11-12H2. The number of halogens is 4. The number of nitrogens with zero attached hydrogens (tertiary/aromatic N) is 3. The predicted molar refractivity (Wildman–Crippen MR) is 119 cm³/mol. The number of fused-ring (bicyclic) bond motifs is 1. The lowest BCUT2D eigenvalue weighted by atomic mass is 9.88. The molecule has 3 heterocycles. The van der Waals surface area contributed by atoms with Gasteiger partial charge in [-0.15, -0.1) is 0 Å². The Morgan fingerprint density at radius 1 is 1.00 bits per heavy atom. The molecule has 8 heteroatoms. The smallest absolute Gasteiger partial charge is 0.371 e. The summed E-state index contributed by atoms with van der Waals surface area (Å²) in [6.45, 7) is 1.25. The fourth-order valence-electron chi connectivity index (χ4n) is 4.44. The van der Waals surface area contributed by atoms with E-state index in [-0.39, 0.29) is 23.1 Å². The minimum atomic E-state index is -4.49. The van der Waals surface area contributed by atoms with Gasteiger partial charge in [0.25, 0.3) is 0 Å². The Bertz CT molecular complexity index is 1290. The highest BCUT2D eigenvalue weighted by atomic mass is 19.4. The fraction of sp³-hybridized carbons (Fsp3) is 0.240. The summed E-state index contributed by atoms with van der Waals surface area (Å²) in [4.78, 5) is 22.7. The molecule has 0 aliphatic carbocycles. The molecular weight excluding hydrogens is 434 g/mol. The van der Waals surface area contributed by atoms with Crippen LogP contribution in [0.15, 0.2) is 65.9 Å². The quantitative estimate of drug-likeness (QED) is 0.369. The van der Waals surface area contributed by atoms with E-state index in [9.17, 15) is 22.4 Å². The van der Waals surface area contributed by atoms with E-state index in [1.807, 2.05) is 6.07 Å². The van der Waals surface area contributed by atoms with Crippen molar-refractivity contribution in [3.8, 4) is 0 Å². The molecule has 2 aliphatic rings. The molecule has 2 aliphatic heterocycles. The molecule has 2 aromatic carbocycles. The number of carbonyl (C=O) groups is 1. The van der Waals surface area contributed by atoms with Crippen molar-refractivity contribution in [3.63, 3.8) is 0 Å². The van der Waals surface area contributed by atoms with Gasteiger partial charge in [-0.25, -0.2) is 4.39 Å². The lowest BCUT2D eigenvalue weighted by Crippen LogP contribution is -2.36. The van der Waals surface area contributed by atoms with Crippen LogP contribution < -0.4 is 4.90 Å². The normalized spacial score (nSPS) is 16.9. The number of rotatable bonds is 4. The molecule has 0 spiro atoms. The number of benzene rings is 2. The number of alkyl halides is 3. The van der Waals surface area contributed by atoms with Gasteiger partial charge in [0, 0.05) is 53.6 Å². The average Bonchev–Trinajstić information content (AvgIpc) is 2.77. The summed E-state index contributed by atoms with van der Waals surface area (Å²) in [6.07, 6.45) is -0.313. The third-order valence-electron chi connectivity index (χ3n) is 6.21. The second-order valence-corrected chi connectivity index (χ2v) is 8.21. The predicted octanol–water partition coefficient (Wildman–Crippen LogP) is 5.83. The number of hydrogen-bond donors (Lipinski definition) is 0. The van der Waals surface area contributed by atoms with Gasteiger partial charge < -0.3 is 4.90 Å². The number of carbonyl (C=O) groups excluding carboxylic acids is 1. The van der Waals surface area contributed by atoms with Crippen molar-refractivity contribution in [3.05, 3.63) is 77.9 Å². The molecule has 0 radical (unpaired) electrons. The highest BCUT2D eigenvalue weighted by Crippen LogP contribution is 2.37. The highest BCUT2D eigenvalue weighted by molar-refractivity contribution is 6.30. The first kappa shape index (κ1) is 21.3. The highest BCUT2D eigenvalue weighted by Gasteiger charge is 2.41. The van der Waals surface area contributed by atoms with Gasteiger partial charge in [-0.3, -0.25) is 14.8 Å². The number of aromatic nitrogens is 1. The molecule has 1 fully saturated rings. The zero-order valence-corrected chi connectivity index (χ0v) is 17.4. The number of ketones is 1. The summed E-state index contributed by atoms with van der Waals surface area (Å²) in [5.41, 5.74) is 1.71. The van der Waals surface area contributed by atoms with Crippen LogP contribution >= 0.6 is 0 Å². The molecule has 5 rings (SSSR count). The van der Waals surface area contributed by atoms with Gasteiger partial charge in [0.05, 0.1) is 5.52 Å². The van der Waals surface area contributed by atoms with Gasteiger partial charge in [0.1, 0.15) is 5.82 Å². The van der Waals surface area contributed by atoms with E-state index in [0.29, 0.717) is 42.6 Å². The van der Waals surface area contributed by atoms with Gasteiger partial charge in [-0.2, -0.15) is 13.2 Å². The van der Waals surface area contributed by atoms with Crippen molar-refractivity contribution in [2.75, 3.05) is 18.0 Å². The Labute approximate surface area is 187 Å². The molecule has 0 saturated carbocycles. The lowest BCUT2D eigenvalue weighted by Gasteiger charge is -2.33.